The third kappa shape index (κ3) is 3.82. The number of halogens is 2. The maximum atomic E-state index is 11.8. The number of rotatable bonds is 4. The first-order valence-electron chi connectivity index (χ1n) is 8.48. The van der Waals surface area contributed by atoms with Crippen LogP contribution in [0, 0.1) is 0 Å². The summed E-state index contributed by atoms with van der Waals surface area (Å²) in [6, 6.07) is 16.3. The molecule has 0 amide bonds. The van der Waals surface area contributed by atoms with Crippen LogP contribution in [0.15, 0.2) is 70.0 Å². The van der Waals surface area contributed by atoms with Crippen molar-refractivity contribution >= 4 is 55.8 Å². The average molecular weight is 451 g/mol. The molecule has 0 N–H and O–H groups in total. The molecule has 0 fully saturated rings. The minimum absolute atomic E-state index is 0.0329. The first-order valence-corrected chi connectivity index (χ1v) is 12.0. The molecule has 1 aliphatic rings. The van der Waals surface area contributed by atoms with Gasteiger partial charge in [0.05, 0.1) is 32.2 Å². The van der Waals surface area contributed by atoms with E-state index in [0.29, 0.717) is 16.5 Å². The molecule has 2 aromatic carbocycles. The molecule has 1 aliphatic heterocycles. The quantitative estimate of drug-likeness (QED) is 0.503. The predicted molar refractivity (Wildman–Crippen MR) is 117 cm³/mol. The lowest BCUT2D eigenvalue weighted by molar-refractivity contribution is 0.602. The Morgan fingerprint density at radius 2 is 1.71 bits per heavy atom. The second-order valence-corrected chi connectivity index (χ2v) is 10.3. The maximum absolute atomic E-state index is 11.8. The number of sulfone groups is 1. The molecule has 0 saturated carbocycles. The molecule has 28 heavy (non-hydrogen) atoms. The fourth-order valence-electron chi connectivity index (χ4n) is 3.18. The highest BCUT2D eigenvalue weighted by atomic mass is 35.5. The van der Waals surface area contributed by atoms with E-state index in [1.165, 1.54) is 6.26 Å². The summed E-state index contributed by atoms with van der Waals surface area (Å²) >= 11 is 13.9. The van der Waals surface area contributed by atoms with Crippen molar-refractivity contribution < 1.29 is 8.42 Å². The molecule has 1 aromatic heterocycles. The lowest BCUT2D eigenvalue weighted by atomic mass is 10.0. The number of benzene rings is 2. The van der Waals surface area contributed by atoms with Gasteiger partial charge < -0.3 is 0 Å². The van der Waals surface area contributed by atoms with Crippen LogP contribution in [0.2, 0.25) is 10.0 Å². The van der Waals surface area contributed by atoms with Crippen molar-refractivity contribution in [3.8, 4) is 0 Å². The predicted octanol–water partition coefficient (Wildman–Crippen LogP) is 5.81. The van der Waals surface area contributed by atoms with Gasteiger partial charge >= 0.3 is 0 Å². The number of anilines is 1. The Morgan fingerprint density at radius 3 is 2.29 bits per heavy atom. The van der Waals surface area contributed by atoms with Gasteiger partial charge in [0, 0.05) is 17.7 Å². The summed E-state index contributed by atoms with van der Waals surface area (Å²) in [6.07, 6.45) is 1.89. The Balaban J connectivity index is 1.76. The molecule has 3 aromatic rings. The van der Waals surface area contributed by atoms with Crippen molar-refractivity contribution in [2.75, 3.05) is 11.3 Å². The van der Waals surface area contributed by atoms with Gasteiger partial charge in [-0.3, -0.25) is 5.01 Å². The summed E-state index contributed by atoms with van der Waals surface area (Å²) in [5.74, 6) is 0. The van der Waals surface area contributed by atoms with Crippen LogP contribution in [0.4, 0.5) is 5.69 Å². The van der Waals surface area contributed by atoms with Gasteiger partial charge in [0.25, 0.3) is 0 Å². The molecule has 144 valence electrons. The van der Waals surface area contributed by atoms with Gasteiger partial charge in [-0.25, -0.2) is 8.42 Å². The summed E-state index contributed by atoms with van der Waals surface area (Å²) in [5.41, 5.74) is 2.80. The second kappa shape index (κ2) is 7.52. The smallest absolute Gasteiger partial charge is 0.175 e. The first-order chi connectivity index (χ1) is 13.3. The zero-order valence-corrected chi connectivity index (χ0v) is 18.0. The molecule has 0 spiro atoms. The van der Waals surface area contributed by atoms with Gasteiger partial charge in [0.1, 0.15) is 0 Å². The fraction of sp³-hybridized carbons (Fsp3) is 0.150. The van der Waals surface area contributed by atoms with Crippen molar-refractivity contribution in [3.63, 3.8) is 0 Å². The molecule has 0 aliphatic carbocycles. The highest BCUT2D eigenvalue weighted by Gasteiger charge is 2.31. The van der Waals surface area contributed by atoms with E-state index in [-0.39, 0.29) is 10.9 Å². The number of thiophene rings is 1. The van der Waals surface area contributed by atoms with Gasteiger partial charge in [-0.05, 0) is 53.4 Å². The maximum Gasteiger partial charge on any atom is 0.175 e. The van der Waals surface area contributed by atoms with Crippen molar-refractivity contribution in [3.05, 3.63) is 80.5 Å². The minimum atomic E-state index is -3.25. The van der Waals surface area contributed by atoms with E-state index >= 15 is 0 Å². The van der Waals surface area contributed by atoms with Crippen LogP contribution >= 0.6 is 34.5 Å². The number of nitrogens with zero attached hydrogens (tertiary/aromatic N) is 2. The van der Waals surface area contributed by atoms with Crippen molar-refractivity contribution in [2.45, 2.75) is 17.4 Å². The first kappa shape index (κ1) is 19.5. The Hall–Kier alpha value is -1.86. The third-order valence-electron chi connectivity index (χ3n) is 4.57. The van der Waals surface area contributed by atoms with Crippen LogP contribution in [0.25, 0.3) is 0 Å². The lowest BCUT2D eigenvalue weighted by Crippen LogP contribution is -2.18. The molecule has 4 rings (SSSR count). The highest BCUT2D eigenvalue weighted by Crippen LogP contribution is 2.39. The Bertz CT molecular complexity index is 1140. The Morgan fingerprint density at radius 1 is 1.04 bits per heavy atom. The normalized spacial score (nSPS) is 17.0. The van der Waals surface area contributed by atoms with Crippen LogP contribution in [0.1, 0.15) is 22.9 Å². The average Bonchev–Trinajstić information content (AvgIpc) is 3.28. The van der Waals surface area contributed by atoms with Gasteiger partial charge in [-0.1, -0.05) is 35.3 Å². The Kier molecular flexibility index (Phi) is 5.22. The SMILES string of the molecule is CS(=O)(=O)c1ccc(N2N=C(c3sccc3Cl)CC2c2ccc(Cl)cc2)cc1. The van der Waals surface area contributed by atoms with Crippen LogP contribution in [-0.4, -0.2) is 20.4 Å². The molecule has 0 radical (unpaired) electrons. The van der Waals surface area contributed by atoms with E-state index < -0.39 is 9.84 Å². The van der Waals surface area contributed by atoms with Gasteiger partial charge in [0.2, 0.25) is 0 Å². The summed E-state index contributed by atoms with van der Waals surface area (Å²) in [5, 5.41) is 10.1. The van der Waals surface area contributed by atoms with Crippen LogP contribution in [0.5, 0.6) is 0 Å². The molecular formula is C20H16Cl2N2O2S2. The largest absolute Gasteiger partial charge is 0.257 e. The molecule has 0 saturated heterocycles. The summed E-state index contributed by atoms with van der Waals surface area (Å²) in [4.78, 5) is 1.24. The highest BCUT2D eigenvalue weighted by molar-refractivity contribution is 7.90. The second-order valence-electron chi connectivity index (χ2n) is 6.53. The topological polar surface area (TPSA) is 49.7 Å². The monoisotopic (exact) mass is 450 g/mol. The molecular weight excluding hydrogens is 435 g/mol. The zero-order valence-electron chi connectivity index (χ0n) is 14.8. The number of hydrogen-bond acceptors (Lipinski definition) is 5. The van der Waals surface area contributed by atoms with Gasteiger partial charge in [-0.2, -0.15) is 5.10 Å². The molecule has 2 heterocycles. The Labute approximate surface area is 177 Å². The van der Waals surface area contributed by atoms with Crippen molar-refractivity contribution in [2.24, 2.45) is 5.10 Å². The standard InChI is InChI=1S/C20H16Cl2N2O2S2/c1-28(25,26)16-8-6-15(7-9-16)24-19(13-2-4-14(21)5-3-13)12-18(23-24)20-17(22)10-11-27-20/h2-11,19H,12H2,1H3. The minimum Gasteiger partial charge on any atom is -0.257 e. The van der Waals surface area contributed by atoms with Gasteiger partial charge in [-0.15, -0.1) is 11.3 Å². The van der Waals surface area contributed by atoms with E-state index in [0.717, 1.165) is 21.8 Å². The summed E-state index contributed by atoms with van der Waals surface area (Å²) < 4.78 is 23.5. The fourth-order valence-corrected chi connectivity index (χ4v) is 5.09. The van der Waals surface area contributed by atoms with E-state index in [2.05, 4.69) is 0 Å². The molecule has 0 bridgehead atoms. The van der Waals surface area contributed by atoms with Crippen molar-refractivity contribution in [1.82, 2.24) is 0 Å². The van der Waals surface area contributed by atoms with Crippen molar-refractivity contribution in [1.29, 1.82) is 0 Å². The third-order valence-corrected chi connectivity index (χ3v) is 7.34. The van der Waals surface area contributed by atoms with Gasteiger partial charge in [0.15, 0.2) is 9.84 Å². The van der Waals surface area contributed by atoms with Crippen LogP contribution in [-0.2, 0) is 9.84 Å². The van der Waals surface area contributed by atoms with E-state index in [4.69, 9.17) is 28.3 Å². The van der Waals surface area contributed by atoms with E-state index in [1.807, 2.05) is 40.7 Å². The van der Waals surface area contributed by atoms with E-state index in [9.17, 15) is 8.42 Å². The molecule has 8 heteroatoms. The zero-order chi connectivity index (χ0) is 19.9. The summed E-state index contributed by atoms with van der Waals surface area (Å²) in [7, 11) is -3.25. The molecule has 1 atom stereocenters. The lowest BCUT2D eigenvalue weighted by Gasteiger charge is -2.24. The number of hydrazone groups is 1. The summed E-state index contributed by atoms with van der Waals surface area (Å²) in [6.45, 7) is 0. The molecule has 1 unspecified atom stereocenters. The van der Waals surface area contributed by atoms with Crippen LogP contribution in [0.3, 0.4) is 0 Å². The molecule has 4 nitrogen and oxygen atoms in total. The number of hydrogen-bond donors (Lipinski definition) is 0. The van der Waals surface area contributed by atoms with E-state index in [1.54, 1.807) is 35.6 Å². The van der Waals surface area contributed by atoms with Crippen LogP contribution < -0.4 is 5.01 Å².